The highest BCUT2D eigenvalue weighted by Gasteiger charge is 2.19. The number of carbonyl (C=O) groups is 3. The quantitative estimate of drug-likeness (QED) is 0.0346. The SMILES string of the molecule is CCCCCCCCCCCCCCC(=O)OC[C@@H](COC(=O)CCCCCCCCC)OC(=O)CCCCCCCCCCCCCCCCCCCCC(C)C. The summed E-state index contributed by atoms with van der Waals surface area (Å²) in [5, 5.41) is 0. The normalized spacial score (nSPS) is 11.9. The molecular formula is C52H100O6. The topological polar surface area (TPSA) is 78.9 Å². The monoisotopic (exact) mass is 821 g/mol. The van der Waals surface area contributed by atoms with Crippen molar-refractivity contribution in [3.63, 3.8) is 0 Å². The van der Waals surface area contributed by atoms with Crippen LogP contribution in [0.15, 0.2) is 0 Å². The Kier molecular flexibility index (Phi) is 45.2. The molecule has 0 aromatic heterocycles. The minimum Gasteiger partial charge on any atom is -0.462 e. The third-order valence-electron chi connectivity index (χ3n) is 11.8. The van der Waals surface area contributed by atoms with Crippen LogP contribution in [0.5, 0.6) is 0 Å². The largest absolute Gasteiger partial charge is 0.462 e. The first-order chi connectivity index (χ1) is 28.4. The van der Waals surface area contributed by atoms with Crippen LogP contribution >= 0.6 is 0 Å². The summed E-state index contributed by atoms with van der Waals surface area (Å²) in [5.41, 5.74) is 0. The van der Waals surface area contributed by atoms with E-state index in [0.29, 0.717) is 19.3 Å². The van der Waals surface area contributed by atoms with Crippen LogP contribution in [0.4, 0.5) is 0 Å². The molecule has 344 valence electrons. The van der Waals surface area contributed by atoms with Gasteiger partial charge in [-0.25, -0.2) is 0 Å². The molecule has 0 rings (SSSR count). The summed E-state index contributed by atoms with van der Waals surface area (Å²) in [7, 11) is 0. The van der Waals surface area contributed by atoms with Gasteiger partial charge in [0.25, 0.3) is 0 Å². The Bertz CT molecular complexity index is 872. The Hall–Kier alpha value is -1.59. The van der Waals surface area contributed by atoms with Gasteiger partial charge in [0.2, 0.25) is 0 Å². The van der Waals surface area contributed by atoms with E-state index in [2.05, 4.69) is 27.7 Å². The Morgan fingerprint density at radius 2 is 0.569 bits per heavy atom. The van der Waals surface area contributed by atoms with Gasteiger partial charge < -0.3 is 14.2 Å². The number of carbonyl (C=O) groups excluding carboxylic acids is 3. The molecule has 6 heteroatoms. The lowest BCUT2D eigenvalue weighted by atomic mass is 10.0. The van der Waals surface area contributed by atoms with Crippen LogP contribution in [0.2, 0.25) is 0 Å². The second-order valence-electron chi connectivity index (χ2n) is 18.3. The summed E-state index contributed by atoms with van der Waals surface area (Å²) in [6.07, 6.45) is 48.2. The van der Waals surface area contributed by atoms with Gasteiger partial charge in [-0.15, -0.1) is 0 Å². The molecular weight excluding hydrogens is 721 g/mol. The van der Waals surface area contributed by atoms with Crippen LogP contribution in [0.1, 0.15) is 291 Å². The van der Waals surface area contributed by atoms with Crippen molar-refractivity contribution in [3.05, 3.63) is 0 Å². The van der Waals surface area contributed by atoms with Crippen molar-refractivity contribution in [2.75, 3.05) is 13.2 Å². The average Bonchev–Trinajstić information content (AvgIpc) is 3.21. The molecule has 0 spiro atoms. The van der Waals surface area contributed by atoms with Crippen LogP contribution in [0.3, 0.4) is 0 Å². The predicted molar refractivity (Wildman–Crippen MR) is 247 cm³/mol. The molecule has 0 unspecified atom stereocenters. The number of esters is 3. The summed E-state index contributed by atoms with van der Waals surface area (Å²) < 4.78 is 16.7. The number of hydrogen-bond donors (Lipinski definition) is 0. The smallest absolute Gasteiger partial charge is 0.306 e. The summed E-state index contributed by atoms with van der Waals surface area (Å²) in [4.78, 5) is 37.7. The van der Waals surface area contributed by atoms with Gasteiger partial charge in [0.15, 0.2) is 6.10 Å². The van der Waals surface area contributed by atoms with E-state index in [0.717, 1.165) is 63.7 Å². The first-order valence-corrected chi connectivity index (χ1v) is 25.9. The molecule has 0 aliphatic rings. The molecule has 0 radical (unpaired) electrons. The number of rotatable bonds is 47. The third-order valence-corrected chi connectivity index (χ3v) is 11.8. The molecule has 0 saturated heterocycles. The lowest BCUT2D eigenvalue weighted by Gasteiger charge is -2.18. The Morgan fingerprint density at radius 1 is 0.328 bits per heavy atom. The zero-order valence-electron chi connectivity index (χ0n) is 39.5. The van der Waals surface area contributed by atoms with Gasteiger partial charge >= 0.3 is 17.9 Å². The maximum absolute atomic E-state index is 12.8. The van der Waals surface area contributed by atoms with Crippen molar-refractivity contribution >= 4 is 17.9 Å². The van der Waals surface area contributed by atoms with Crippen molar-refractivity contribution in [2.45, 2.75) is 297 Å². The number of hydrogen-bond acceptors (Lipinski definition) is 6. The first kappa shape index (κ1) is 56.4. The van der Waals surface area contributed by atoms with Gasteiger partial charge in [0, 0.05) is 19.3 Å². The highest BCUT2D eigenvalue weighted by molar-refractivity contribution is 5.71. The lowest BCUT2D eigenvalue weighted by molar-refractivity contribution is -0.167. The fourth-order valence-corrected chi connectivity index (χ4v) is 7.86. The van der Waals surface area contributed by atoms with Gasteiger partial charge in [-0.1, -0.05) is 252 Å². The van der Waals surface area contributed by atoms with Crippen LogP contribution in [-0.2, 0) is 28.6 Å². The van der Waals surface area contributed by atoms with Gasteiger partial charge in [-0.05, 0) is 25.2 Å². The molecule has 0 bridgehead atoms. The van der Waals surface area contributed by atoms with E-state index >= 15 is 0 Å². The van der Waals surface area contributed by atoms with Crippen molar-refractivity contribution in [1.29, 1.82) is 0 Å². The van der Waals surface area contributed by atoms with E-state index in [1.807, 2.05) is 0 Å². The minimum absolute atomic E-state index is 0.0632. The minimum atomic E-state index is -0.759. The predicted octanol–water partition coefficient (Wildman–Crippen LogP) is 16.7. The summed E-state index contributed by atoms with van der Waals surface area (Å²) in [6, 6.07) is 0. The summed E-state index contributed by atoms with van der Waals surface area (Å²) in [6.45, 7) is 9.00. The van der Waals surface area contributed by atoms with E-state index in [1.165, 1.54) is 186 Å². The maximum atomic E-state index is 12.8. The van der Waals surface area contributed by atoms with Gasteiger partial charge in [0.1, 0.15) is 13.2 Å². The van der Waals surface area contributed by atoms with E-state index in [9.17, 15) is 14.4 Å². The van der Waals surface area contributed by atoms with E-state index in [1.54, 1.807) is 0 Å². The Morgan fingerprint density at radius 3 is 0.845 bits per heavy atom. The van der Waals surface area contributed by atoms with Gasteiger partial charge in [-0.3, -0.25) is 14.4 Å². The van der Waals surface area contributed by atoms with E-state index in [-0.39, 0.29) is 31.1 Å². The Labute approximate surface area is 361 Å². The zero-order chi connectivity index (χ0) is 42.4. The molecule has 58 heavy (non-hydrogen) atoms. The molecule has 0 aliphatic heterocycles. The fourth-order valence-electron chi connectivity index (χ4n) is 7.86. The maximum Gasteiger partial charge on any atom is 0.306 e. The second kappa shape index (κ2) is 46.5. The third kappa shape index (κ3) is 45.5. The summed E-state index contributed by atoms with van der Waals surface area (Å²) in [5.74, 6) is 0.00632. The van der Waals surface area contributed by atoms with Gasteiger partial charge in [0.05, 0.1) is 0 Å². The highest BCUT2D eigenvalue weighted by atomic mass is 16.6. The van der Waals surface area contributed by atoms with Crippen molar-refractivity contribution in [3.8, 4) is 0 Å². The van der Waals surface area contributed by atoms with Gasteiger partial charge in [-0.2, -0.15) is 0 Å². The molecule has 0 heterocycles. The van der Waals surface area contributed by atoms with E-state index < -0.39 is 6.10 Å². The summed E-state index contributed by atoms with van der Waals surface area (Å²) >= 11 is 0. The fraction of sp³-hybridized carbons (Fsp3) is 0.942. The standard InChI is InChI=1S/C52H100O6/c1-5-7-9-11-13-14-15-25-28-32-36-40-44-51(54)57-47-49(46-56-50(53)43-39-35-30-12-10-8-6-2)58-52(55)45-41-37-33-29-26-23-21-19-17-16-18-20-22-24-27-31-34-38-42-48(3)4/h48-49H,5-47H2,1-4H3/t49-/m1/s1. The second-order valence-corrected chi connectivity index (χ2v) is 18.3. The molecule has 0 N–H and O–H groups in total. The van der Waals surface area contributed by atoms with Crippen LogP contribution in [0, 0.1) is 5.92 Å². The first-order valence-electron chi connectivity index (χ1n) is 25.9. The molecule has 6 nitrogen and oxygen atoms in total. The van der Waals surface area contributed by atoms with Crippen molar-refractivity contribution in [2.24, 2.45) is 5.92 Å². The molecule has 0 aromatic carbocycles. The molecule has 1 atom stereocenters. The molecule has 0 fully saturated rings. The zero-order valence-corrected chi connectivity index (χ0v) is 39.5. The van der Waals surface area contributed by atoms with Crippen molar-refractivity contribution in [1.82, 2.24) is 0 Å². The Balaban J connectivity index is 4.14. The van der Waals surface area contributed by atoms with Crippen molar-refractivity contribution < 1.29 is 28.6 Å². The van der Waals surface area contributed by atoms with Crippen LogP contribution in [-0.4, -0.2) is 37.2 Å². The van der Waals surface area contributed by atoms with Crippen LogP contribution < -0.4 is 0 Å². The van der Waals surface area contributed by atoms with E-state index in [4.69, 9.17) is 14.2 Å². The lowest BCUT2D eigenvalue weighted by Crippen LogP contribution is -2.30. The number of ether oxygens (including phenoxy) is 3. The molecule has 0 amide bonds. The molecule has 0 saturated carbocycles. The van der Waals surface area contributed by atoms with Crippen LogP contribution in [0.25, 0.3) is 0 Å². The average molecular weight is 821 g/mol. The number of unbranched alkanes of at least 4 members (excludes halogenated alkanes) is 34. The highest BCUT2D eigenvalue weighted by Crippen LogP contribution is 2.17. The molecule has 0 aliphatic carbocycles. The molecule has 0 aromatic rings.